The second kappa shape index (κ2) is 9.49. The fraction of sp³-hybridized carbons (Fsp3) is 0.312. The number of amides is 2. The molecule has 2 aromatic rings. The van der Waals surface area contributed by atoms with Crippen LogP contribution >= 0.6 is 0 Å². The Morgan fingerprint density at radius 2 is 1.77 bits per heavy atom. The Balaban J connectivity index is 1.42. The minimum Gasteiger partial charge on any atom is -0.507 e. The van der Waals surface area contributed by atoms with Crippen molar-refractivity contribution >= 4 is 23.4 Å². The molecule has 0 saturated carbocycles. The number of likely N-dealkylation sites (tertiary alicyclic amines) is 1. The van der Waals surface area contributed by atoms with Gasteiger partial charge >= 0.3 is 0 Å². The first-order valence-corrected chi connectivity index (χ1v) is 13.3. The normalized spacial score (nSPS) is 26.2. The Morgan fingerprint density at radius 3 is 2.49 bits per heavy atom. The molecule has 0 radical (unpaired) electrons. The molecule has 1 saturated heterocycles. The predicted molar refractivity (Wildman–Crippen MR) is 143 cm³/mol. The number of imide groups is 1. The van der Waals surface area contributed by atoms with E-state index in [2.05, 4.69) is 0 Å². The standard InChI is InChI=1S/C32H29NO6/c1-3-33-31(37)22-12-11-20-23(28(22)32(33)38)15-24-29(26(35)13-17(2)30(24)36)27(20)21-10-9-19(14-25(21)34)39-16-18-7-5-4-6-8-18/h4-11,13-14,22-23,27-28,34H,3,12,15-16H2,1-2H3/t22-,23+,27+,28-/m0/s1. The Labute approximate surface area is 226 Å². The maximum Gasteiger partial charge on any atom is 0.233 e. The smallest absolute Gasteiger partial charge is 0.233 e. The summed E-state index contributed by atoms with van der Waals surface area (Å²) in [5, 5.41) is 11.2. The summed E-state index contributed by atoms with van der Waals surface area (Å²) in [6, 6.07) is 14.7. The highest BCUT2D eigenvalue weighted by molar-refractivity contribution is 6.23. The average Bonchev–Trinajstić information content (AvgIpc) is 3.19. The maximum atomic E-state index is 13.4. The zero-order valence-corrected chi connectivity index (χ0v) is 21.8. The third kappa shape index (κ3) is 3.95. The molecule has 2 amide bonds. The molecule has 2 aromatic carbocycles. The van der Waals surface area contributed by atoms with Crippen LogP contribution in [0.15, 0.2) is 83.0 Å². The van der Waals surface area contributed by atoms with Crippen LogP contribution in [0.5, 0.6) is 11.5 Å². The van der Waals surface area contributed by atoms with E-state index in [0.29, 0.717) is 47.6 Å². The monoisotopic (exact) mass is 523 g/mol. The Morgan fingerprint density at radius 1 is 1.00 bits per heavy atom. The van der Waals surface area contributed by atoms with Crippen LogP contribution < -0.4 is 4.74 Å². The van der Waals surface area contributed by atoms with Gasteiger partial charge in [-0.1, -0.05) is 48.0 Å². The van der Waals surface area contributed by atoms with Gasteiger partial charge in [-0.15, -0.1) is 0 Å². The van der Waals surface area contributed by atoms with Gasteiger partial charge in [0.15, 0.2) is 11.6 Å². The minimum atomic E-state index is -0.692. The average molecular weight is 524 g/mol. The van der Waals surface area contributed by atoms with E-state index in [9.17, 15) is 24.3 Å². The molecule has 4 aliphatic rings. The lowest BCUT2D eigenvalue weighted by atomic mass is 9.59. The largest absolute Gasteiger partial charge is 0.507 e. The van der Waals surface area contributed by atoms with Gasteiger partial charge in [-0.25, -0.2) is 0 Å². The lowest BCUT2D eigenvalue weighted by Crippen LogP contribution is -2.39. The quantitative estimate of drug-likeness (QED) is 0.354. The molecule has 7 nitrogen and oxygen atoms in total. The Kier molecular flexibility index (Phi) is 6.09. The number of aromatic hydroxyl groups is 1. The first-order chi connectivity index (χ1) is 18.8. The van der Waals surface area contributed by atoms with E-state index in [1.807, 2.05) is 36.4 Å². The van der Waals surface area contributed by atoms with Gasteiger partial charge in [0, 0.05) is 40.8 Å². The van der Waals surface area contributed by atoms with Crippen molar-refractivity contribution in [3.05, 3.63) is 94.1 Å². The van der Waals surface area contributed by atoms with Gasteiger partial charge in [-0.05, 0) is 50.3 Å². The molecular formula is C32H29NO6. The highest BCUT2D eigenvalue weighted by Gasteiger charge is 2.56. The molecule has 0 spiro atoms. The number of ketones is 2. The fourth-order valence-electron chi connectivity index (χ4n) is 6.71. The summed E-state index contributed by atoms with van der Waals surface area (Å²) in [5.41, 5.74) is 3.36. The molecule has 198 valence electrons. The summed E-state index contributed by atoms with van der Waals surface area (Å²) in [4.78, 5) is 54.4. The van der Waals surface area contributed by atoms with Gasteiger partial charge in [0.05, 0.1) is 11.8 Å². The number of ether oxygens (including phenoxy) is 1. The van der Waals surface area contributed by atoms with Crippen molar-refractivity contribution in [2.75, 3.05) is 6.54 Å². The molecule has 1 fully saturated rings. The number of phenolic OH excluding ortho intramolecular Hbond substituents is 1. The first-order valence-electron chi connectivity index (χ1n) is 13.3. The van der Waals surface area contributed by atoms with Gasteiger partial charge in [-0.2, -0.15) is 0 Å². The number of fused-ring (bicyclic) bond motifs is 3. The van der Waals surface area contributed by atoms with E-state index in [0.717, 1.165) is 11.1 Å². The number of allylic oxidation sites excluding steroid dienone is 6. The van der Waals surface area contributed by atoms with E-state index in [4.69, 9.17) is 4.74 Å². The number of carbonyl (C=O) groups excluding carboxylic acids is 4. The summed E-state index contributed by atoms with van der Waals surface area (Å²) < 4.78 is 5.88. The van der Waals surface area contributed by atoms with Gasteiger partial charge in [0.25, 0.3) is 0 Å². The molecule has 3 aliphatic carbocycles. The second-order valence-electron chi connectivity index (χ2n) is 10.6. The topological polar surface area (TPSA) is 101 Å². The van der Waals surface area contributed by atoms with Crippen molar-refractivity contribution < 1.29 is 29.0 Å². The molecular weight excluding hydrogens is 494 g/mol. The number of hydrogen-bond acceptors (Lipinski definition) is 6. The van der Waals surface area contributed by atoms with Gasteiger partial charge in [-0.3, -0.25) is 24.1 Å². The third-order valence-corrected chi connectivity index (χ3v) is 8.53. The van der Waals surface area contributed by atoms with Crippen molar-refractivity contribution in [1.29, 1.82) is 0 Å². The van der Waals surface area contributed by atoms with E-state index >= 15 is 0 Å². The van der Waals surface area contributed by atoms with Gasteiger partial charge in [0.2, 0.25) is 11.8 Å². The van der Waals surface area contributed by atoms with Crippen molar-refractivity contribution in [2.45, 2.75) is 39.2 Å². The van der Waals surface area contributed by atoms with E-state index < -0.39 is 23.7 Å². The number of Topliss-reactive ketones (excluding diaryl/α,β-unsaturated/α-hetero) is 1. The minimum absolute atomic E-state index is 0.0587. The van der Waals surface area contributed by atoms with Crippen molar-refractivity contribution in [3.63, 3.8) is 0 Å². The molecule has 1 aliphatic heterocycles. The SMILES string of the molecule is CCN1C(=O)[C@H]2[C@H](CC=C3[C@H](c4ccc(OCc5ccccc5)cc4O)C4=C(C[C@H]32)C(=O)C(C)=CC4=O)C1=O. The summed E-state index contributed by atoms with van der Waals surface area (Å²) >= 11 is 0. The van der Waals surface area contributed by atoms with Gasteiger partial charge in [0.1, 0.15) is 18.1 Å². The Hall–Kier alpha value is -4.26. The van der Waals surface area contributed by atoms with E-state index in [1.165, 1.54) is 17.0 Å². The zero-order chi connectivity index (χ0) is 27.4. The highest BCUT2D eigenvalue weighted by atomic mass is 16.5. The van der Waals surface area contributed by atoms with Gasteiger partial charge < -0.3 is 9.84 Å². The molecule has 39 heavy (non-hydrogen) atoms. The summed E-state index contributed by atoms with van der Waals surface area (Å²) in [7, 11) is 0. The molecule has 0 unspecified atom stereocenters. The maximum absolute atomic E-state index is 13.4. The molecule has 0 aromatic heterocycles. The number of nitrogens with zero attached hydrogens (tertiary/aromatic N) is 1. The second-order valence-corrected chi connectivity index (χ2v) is 10.6. The van der Waals surface area contributed by atoms with Crippen molar-refractivity contribution in [3.8, 4) is 11.5 Å². The van der Waals surface area contributed by atoms with Crippen LogP contribution in [0.25, 0.3) is 0 Å². The highest BCUT2D eigenvalue weighted by Crippen LogP contribution is 2.56. The predicted octanol–water partition coefficient (Wildman–Crippen LogP) is 4.42. The van der Waals surface area contributed by atoms with E-state index in [1.54, 1.807) is 26.0 Å². The number of phenols is 1. The zero-order valence-electron chi connectivity index (χ0n) is 21.8. The van der Waals surface area contributed by atoms with Crippen LogP contribution in [0.1, 0.15) is 43.7 Å². The van der Waals surface area contributed by atoms with Crippen molar-refractivity contribution in [2.24, 2.45) is 17.8 Å². The lowest BCUT2D eigenvalue weighted by Gasteiger charge is -2.42. The number of carbonyl (C=O) groups is 4. The fourth-order valence-corrected chi connectivity index (χ4v) is 6.71. The van der Waals surface area contributed by atoms with E-state index in [-0.39, 0.29) is 35.6 Å². The number of rotatable bonds is 5. The molecule has 1 heterocycles. The van der Waals surface area contributed by atoms with Crippen LogP contribution in [-0.2, 0) is 25.8 Å². The molecule has 4 atom stereocenters. The molecule has 0 bridgehead atoms. The van der Waals surface area contributed by atoms with Crippen LogP contribution in [0, 0.1) is 17.8 Å². The Bertz CT molecular complexity index is 1510. The van der Waals surface area contributed by atoms with Crippen molar-refractivity contribution in [1.82, 2.24) is 4.90 Å². The van der Waals surface area contributed by atoms with Crippen LogP contribution in [-0.4, -0.2) is 39.9 Å². The van der Waals surface area contributed by atoms with Crippen LogP contribution in [0.2, 0.25) is 0 Å². The number of hydrogen-bond donors (Lipinski definition) is 1. The molecule has 7 heteroatoms. The number of benzene rings is 2. The summed E-state index contributed by atoms with van der Waals surface area (Å²) in [6.07, 6.45) is 3.92. The molecule has 1 N–H and O–H groups in total. The first kappa shape index (κ1) is 25.0. The third-order valence-electron chi connectivity index (χ3n) is 8.53. The summed E-state index contributed by atoms with van der Waals surface area (Å²) in [5.74, 6) is -2.62. The molecule has 6 rings (SSSR count). The lowest BCUT2D eigenvalue weighted by molar-refractivity contribution is -0.139. The van der Waals surface area contributed by atoms with Crippen LogP contribution in [0.3, 0.4) is 0 Å². The summed E-state index contributed by atoms with van der Waals surface area (Å²) in [6.45, 7) is 4.03. The van der Waals surface area contributed by atoms with Crippen LogP contribution in [0.4, 0.5) is 0 Å².